The fourth-order valence-corrected chi connectivity index (χ4v) is 2.53. The van der Waals surface area contributed by atoms with Crippen LogP contribution in [0, 0.1) is 6.92 Å². The summed E-state index contributed by atoms with van der Waals surface area (Å²) in [5.41, 5.74) is 3.41. The SMILES string of the molecule is Cc1ccc(-c2nc(C(C)C)cc(N3CCOCC3)n2)cc1. The van der Waals surface area contributed by atoms with E-state index in [4.69, 9.17) is 14.7 Å². The second-order valence-electron chi connectivity index (χ2n) is 6.09. The Morgan fingerprint density at radius 1 is 1.05 bits per heavy atom. The quantitative estimate of drug-likeness (QED) is 0.870. The van der Waals surface area contributed by atoms with Gasteiger partial charge in [0.05, 0.1) is 13.2 Å². The van der Waals surface area contributed by atoms with Crippen molar-refractivity contribution in [1.82, 2.24) is 9.97 Å². The normalized spacial score (nSPS) is 15.4. The number of anilines is 1. The van der Waals surface area contributed by atoms with E-state index in [1.807, 2.05) is 0 Å². The second kappa shape index (κ2) is 6.44. The Bertz CT molecular complexity index is 631. The third-order valence-corrected chi connectivity index (χ3v) is 3.97. The van der Waals surface area contributed by atoms with Crippen molar-refractivity contribution in [2.45, 2.75) is 26.7 Å². The van der Waals surface area contributed by atoms with E-state index >= 15 is 0 Å². The van der Waals surface area contributed by atoms with Crippen molar-refractivity contribution in [2.75, 3.05) is 31.2 Å². The highest BCUT2D eigenvalue weighted by Crippen LogP contribution is 2.24. The molecule has 2 heterocycles. The molecule has 0 saturated carbocycles. The number of benzene rings is 1. The number of aryl methyl sites for hydroxylation is 1. The van der Waals surface area contributed by atoms with Gasteiger partial charge in [0.2, 0.25) is 0 Å². The van der Waals surface area contributed by atoms with Gasteiger partial charge in [-0.3, -0.25) is 0 Å². The first-order chi connectivity index (χ1) is 10.6. The van der Waals surface area contributed by atoms with Crippen molar-refractivity contribution in [3.05, 3.63) is 41.6 Å². The molecule has 4 heteroatoms. The topological polar surface area (TPSA) is 38.2 Å². The predicted molar refractivity (Wildman–Crippen MR) is 89.3 cm³/mol. The Morgan fingerprint density at radius 2 is 1.73 bits per heavy atom. The van der Waals surface area contributed by atoms with Gasteiger partial charge in [-0.1, -0.05) is 43.7 Å². The van der Waals surface area contributed by atoms with Gasteiger partial charge < -0.3 is 9.64 Å². The summed E-state index contributed by atoms with van der Waals surface area (Å²) >= 11 is 0. The van der Waals surface area contributed by atoms with Crippen molar-refractivity contribution in [1.29, 1.82) is 0 Å². The highest BCUT2D eigenvalue weighted by Gasteiger charge is 2.16. The van der Waals surface area contributed by atoms with E-state index in [2.05, 4.69) is 56.0 Å². The molecule has 0 radical (unpaired) electrons. The summed E-state index contributed by atoms with van der Waals surface area (Å²) in [5.74, 6) is 2.21. The number of nitrogens with zero attached hydrogens (tertiary/aromatic N) is 3. The first-order valence-electron chi connectivity index (χ1n) is 7.92. The lowest BCUT2D eigenvalue weighted by Gasteiger charge is -2.28. The molecule has 0 N–H and O–H groups in total. The Balaban J connectivity index is 2.01. The molecule has 1 aliphatic heterocycles. The Hall–Kier alpha value is -1.94. The van der Waals surface area contributed by atoms with Crippen LogP contribution < -0.4 is 4.90 Å². The van der Waals surface area contributed by atoms with Crippen LogP contribution in [0.5, 0.6) is 0 Å². The zero-order chi connectivity index (χ0) is 15.5. The molecule has 0 aliphatic carbocycles. The summed E-state index contributed by atoms with van der Waals surface area (Å²) < 4.78 is 5.44. The summed E-state index contributed by atoms with van der Waals surface area (Å²) in [6, 6.07) is 10.5. The van der Waals surface area contributed by atoms with Crippen LogP contribution in [-0.4, -0.2) is 36.3 Å². The molecule has 1 saturated heterocycles. The van der Waals surface area contributed by atoms with Crippen molar-refractivity contribution >= 4 is 5.82 Å². The third-order valence-electron chi connectivity index (χ3n) is 3.97. The number of aromatic nitrogens is 2. The van der Waals surface area contributed by atoms with Crippen molar-refractivity contribution in [2.24, 2.45) is 0 Å². The summed E-state index contributed by atoms with van der Waals surface area (Å²) in [7, 11) is 0. The summed E-state index contributed by atoms with van der Waals surface area (Å²) in [4.78, 5) is 11.8. The molecule has 4 nitrogen and oxygen atoms in total. The van der Waals surface area contributed by atoms with E-state index in [1.54, 1.807) is 0 Å². The molecule has 22 heavy (non-hydrogen) atoms. The Labute approximate surface area is 132 Å². The van der Waals surface area contributed by atoms with Crippen molar-refractivity contribution in [3.8, 4) is 11.4 Å². The minimum atomic E-state index is 0.381. The third kappa shape index (κ3) is 3.28. The van der Waals surface area contributed by atoms with E-state index in [0.717, 1.165) is 49.2 Å². The number of morpholine rings is 1. The lowest BCUT2D eigenvalue weighted by Crippen LogP contribution is -2.37. The fraction of sp³-hybridized carbons (Fsp3) is 0.444. The van der Waals surface area contributed by atoms with Crippen LogP contribution >= 0.6 is 0 Å². The molecule has 3 rings (SSSR count). The van der Waals surface area contributed by atoms with Crippen LogP contribution in [0.3, 0.4) is 0 Å². The zero-order valence-corrected chi connectivity index (χ0v) is 13.5. The first kappa shape index (κ1) is 15.0. The Kier molecular flexibility index (Phi) is 4.39. The molecular formula is C18H23N3O. The van der Waals surface area contributed by atoms with Crippen molar-refractivity contribution < 1.29 is 4.74 Å². The van der Waals surface area contributed by atoms with Crippen LogP contribution in [0.15, 0.2) is 30.3 Å². The molecule has 0 unspecified atom stereocenters. The zero-order valence-electron chi connectivity index (χ0n) is 13.5. The van der Waals surface area contributed by atoms with Gasteiger partial charge in [0.25, 0.3) is 0 Å². The number of hydrogen-bond donors (Lipinski definition) is 0. The van der Waals surface area contributed by atoms with Crippen molar-refractivity contribution in [3.63, 3.8) is 0 Å². The molecule has 0 spiro atoms. The molecular weight excluding hydrogens is 274 g/mol. The average molecular weight is 297 g/mol. The van der Waals surface area contributed by atoms with Gasteiger partial charge in [-0.25, -0.2) is 9.97 Å². The van der Waals surface area contributed by atoms with Crippen LogP contribution in [0.1, 0.15) is 31.0 Å². The van der Waals surface area contributed by atoms with E-state index < -0.39 is 0 Å². The molecule has 1 aromatic carbocycles. The van der Waals surface area contributed by atoms with Gasteiger partial charge in [0.15, 0.2) is 5.82 Å². The molecule has 0 bridgehead atoms. The maximum Gasteiger partial charge on any atom is 0.161 e. The summed E-state index contributed by atoms with van der Waals surface area (Å²) in [5, 5.41) is 0. The Morgan fingerprint density at radius 3 is 2.36 bits per heavy atom. The lowest BCUT2D eigenvalue weighted by atomic mass is 10.1. The number of rotatable bonds is 3. The minimum Gasteiger partial charge on any atom is -0.378 e. The molecule has 0 amide bonds. The van der Waals surface area contributed by atoms with E-state index in [1.165, 1.54) is 5.56 Å². The standard InChI is InChI=1S/C18H23N3O/c1-13(2)16-12-17(21-8-10-22-11-9-21)20-18(19-16)15-6-4-14(3)5-7-15/h4-7,12-13H,8-11H2,1-3H3. The van der Waals surface area contributed by atoms with Gasteiger partial charge in [0, 0.05) is 30.4 Å². The van der Waals surface area contributed by atoms with Gasteiger partial charge in [0.1, 0.15) is 5.82 Å². The van der Waals surface area contributed by atoms with Crippen LogP contribution in [0.2, 0.25) is 0 Å². The first-order valence-corrected chi connectivity index (χ1v) is 7.92. The monoisotopic (exact) mass is 297 g/mol. The molecule has 0 atom stereocenters. The molecule has 2 aromatic rings. The largest absolute Gasteiger partial charge is 0.378 e. The van der Waals surface area contributed by atoms with Crippen LogP contribution in [0.25, 0.3) is 11.4 Å². The van der Waals surface area contributed by atoms with Gasteiger partial charge in [-0.15, -0.1) is 0 Å². The number of hydrogen-bond acceptors (Lipinski definition) is 4. The van der Waals surface area contributed by atoms with E-state index in [9.17, 15) is 0 Å². The highest BCUT2D eigenvalue weighted by atomic mass is 16.5. The summed E-state index contributed by atoms with van der Waals surface area (Å²) in [6.45, 7) is 9.74. The van der Waals surface area contributed by atoms with E-state index in [-0.39, 0.29) is 0 Å². The smallest absolute Gasteiger partial charge is 0.161 e. The second-order valence-corrected chi connectivity index (χ2v) is 6.09. The maximum absolute atomic E-state index is 5.44. The lowest BCUT2D eigenvalue weighted by molar-refractivity contribution is 0.122. The van der Waals surface area contributed by atoms with Gasteiger partial charge >= 0.3 is 0 Å². The van der Waals surface area contributed by atoms with Crippen LogP contribution in [-0.2, 0) is 4.74 Å². The van der Waals surface area contributed by atoms with Gasteiger partial charge in [-0.05, 0) is 12.8 Å². The van der Waals surface area contributed by atoms with Crippen LogP contribution in [0.4, 0.5) is 5.82 Å². The average Bonchev–Trinajstić information content (AvgIpc) is 2.56. The minimum absolute atomic E-state index is 0.381. The van der Waals surface area contributed by atoms with E-state index in [0.29, 0.717) is 5.92 Å². The maximum atomic E-state index is 5.44. The van der Waals surface area contributed by atoms with Gasteiger partial charge in [-0.2, -0.15) is 0 Å². The molecule has 116 valence electrons. The highest BCUT2D eigenvalue weighted by molar-refractivity contribution is 5.58. The molecule has 1 fully saturated rings. The predicted octanol–water partition coefficient (Wildman–Crippen LogP) is 3.41. The fourth-order valence-electron chi connectivity index (χ4n) is 2.53. The number of ether oxygens (including phenoxy) is 1. The molecule has 1 aromatic heterocycles. The summed E-state index contributed by atoms with van der Waals surface area (Å²) in [6.07, 6.45) is 0. The molecule has 1 aliphatic rings.